The molecule has 0 radical (unpaired) electrons. The topological polar surface area (TPSA) is 78.9 Å². The second-order valence-corrected chi connectivity index (χ2v) is 4.83. The van der Waals surface area contributed by atoms with Gasteiger partial charge < -0.3 is 20.1 Å². The average molecular weight is 258 g/mol. The van der Waals surface area contributed by atoms with Crippen molar-refractivity contribution in [2.75, 3.05) is 20.2 Å². The summed E-state index contributed by atoms with van der Waals surface area (Å²) in [6, 6.07) is -1.05. The van der Waals surface area contributed by atoms with E-state index in [0.29, 0.717) is 13.1 Å². The maximum atomic E-state index is 12.0. The summed E-state index contributed by atoms with van der Waals surface area (Å²) in [6.07, 6.45) is 1.60. The number of nitrogens with one attached hydrogen (secondary N) is 1. The maximum Gasteiger partial charge on any atom is 0.326 e. The minimum absolute atomic E-state index is 0.0122. The molecule has 3 unspecified atom stereocenters. The van der Waals surface area contributed by atoms with Gasteiger partial charge in [-0.1, -0.05) is 6.92 Å². The van der Waals surface area contributed by atoms with Crippen molar-refractivity contribution < 1.29 is 19.4 Å². The Morgan fingerprint density at radius 3 is 2.78 bits per heavy atom. The largest absolute Gasteiger partial charge is 0.480 e. The highest BCUT2D eigenvalue weighted by atomic mass is 16.5. The molecule has 0 aromatic heterocycles. The number of carboxylic acid groups (broad SMARTS) is 1. The van der Waals surface area contributed by atoms with Gasteiger partial charge in [-0.3, -0.25) is 0 Å². The molecule has 0 aromatic rings. The van der Waals surface area contributed by atoms with E-state index < -0.39 is 12.0 Å². The van der Waals surface area contributed by atoms with Gasteiger partial charge in [0.05, 0.1) is 6.10 Å². The fraction of sp³-hybridized carbons (Fsp3) is 0.833. The van der Waals surface area contributed by atoms with E-state index in [-0.39, 0.29) is 18.1 Å². The quantitative estimate of drug-likeness (QED) is 0.785. The molecule has 0 bridgehead atoms. The van der Waals surface area contributed by atoms with Crippen molar-refractivity contribution in [2.24, 2.45) is 5.92 Å². The first-order valence-corrected chi connectivity index (χ1v) is 6.27. The highest BCUT2D eigenvalue weighted by Gasteiger charge is 2.36. The number of hydrogen-bond donors (Lipinski definition) is 2. The third-order valence-corrected chi connectivity index (χ3v) is 3.39. The molecule has 1 aliphatic heterocycles. The van der Waals surface area contributed by atoms with Gasteiger partial charge in [0, 0.05) is 20.2 Å². The normalized spacial score (nSPS) is 25.6. The number of nitrogens with zero attached hydrogens (tertiary/aromatic N) is 1. The van der Waals surface area contributed by atoms with Crippen LogP contribution >= 0.6 is 0 Å². The molecule has 0 spiro atoms. The zero-order valence-electron chi connectivity index (χ0n) is 11.2. The summed E-state index contributed by atoms with van der Waals surface area (Å²) in [5.74, 6) is -0.945. The lowest BCUT2D eigenvalue weighted by molar-refractivity contribution is -0.145. The van der Waals surface area contributed by atoms with Gasteiger partial charge in [-0.25, -0.2) is 9.59 Å². The number of carbonyl (C=O) groups excluding carboxylic acids is 1. The van der Waals surface area contributed by atoms with Gasteiger partial charge in [-0.2, -0.15) is 0 Å². The number of hydrogen-bond acceptors (Lipinski definition) is 3. The van der Waals surface area contributed by atoms with Crippen LogP contribution < -0.4 is 5.32 Å². The smallest absolute Gasteiger partial charge is 0.326 e. The van der Waals surface area contributed by atoms with Gasteiger partial charge in [-0.15, -0.1) is 0 Å². The first-order valence-electron chi connectivity index (χ1n) is 6.27. The van der Waals surface area contributed by atoms with E-state index in [4.69, 9.17) is 4.74 Å². The van der Waals surface area contributed by atoms with Crippen LogP contribution in [0.3, 0.4) is 0 Å². The molecule has 1 rings (SSSR count). The highest BCUT2D eigenvalue weighted by molar-refractivity contribution is 5.83. The number of carbonyl (C=O) groups is 2. The summed E-state index contributed by atoms with van der Waals surface area (Å²) in [4.78, 5) is 24.6. The molecule has 1 fully saturated rings. The van der Waals surface area contributed by atoms with E-state index in [1.54, 1.807) is 7.11 Å². The lowest BCUT2D eigenvalue weighted by Gasteiger charge is -2.37. The molecule has 104 valence electrons. The number of likely N-dealkylation sites (tertiary alicyclic amines) is 1. The van der Waals surface area contributed by atoms with Crippen molar-refractivity contribution in [1.82, 2.24) is 10.2 Å². The molecule has 18 heavy (non-hydrogen) atoms. The van der Waals surface area contributed by atoms with Crippen molar-refractivity contribution in [3.8, 4) is 0 Å². The predicted molar refractivity (Wildman–Crippen MR) is 66.4 cm³/mol. The Bertz CT molecular complexity index is 308. The van der Waals surface area contributed by atoms with Crippen molar-refractivity contribution >= 4 is 12.0 Å². The lowest BCUT2D eigenvalue weighted by Crippen LogP contribution is -2.55. The molecule has 3 atom stereocenters. The predicted octanol–water partition coefficient (Wildman–Crippen LogP) is 0.916. The van der Waals surface area contributed by atoms with Crippen LogP contribution in [0.25, 0.3) is 0 Å². The molecule has 1 heterocycles. The summed E-state index contributed by atoms with van der Waals surface area (Å²) in [7, 11) is 1.57. The summed E-state index contributed by atoms with van der Waals surface area (Å²) in [6.45, 7) is 4.59. The SMILES string of the molecule is COC(C)CNC(=O)N1CCCC(C)C1C(=O)O. The second kappa shape index (κ2) is 6.58. The van der Waals surface area contributed by atoms with E-state index in [1.165, 1.54) is 4.90 Å². The Hall–Kier alpha value is -1.30. The Morgan fingerprint density at radius 2 is 2.22 bits per heavy atom. The molecule has 1 saturated heterocycles. The van der Waals surface area contributed by atoms with Crippen LogP contribution in [0, 0.1) is 5.92 Å². The zero-order chi connectivity index (χ0) is 13.7. The third-order valence-electron chi connectivity index (χ3n) is 3.39. The van der Waals surface area contributed by atoms with Gasteiger partial charge in [-0.05, 0) is 25.7 Å². The van der Waals surface area contributed by atoms with Crippen LogP contribution in [0.2, 0.25) is 0 Å². The standard InChI is InChI=1S/C12H22N2O4/c1-8-5-4-6-14(10(8)11(15)16)12(17)13-7-9(2)18-3/h8-10H,4-7H2,1-3H3,(H,13,17)(H,15,16). The van der Waals surface area contributed by atoms with Crippen LogP contribution in [0.15, 0.2) is 0 Å². The first kappa shape index (κ1) is 14.8. The summed E-state index contributed by atoms with van der Waals surface area (Å²) in [5, 5.41) is 11.9. The number of piperidine rings is 1. The summed E-state index contributed by atoms with van der Waals surface area (Å²) >= 11 is 0. The van der Waals surface area contributed by atoms with E-state index in [1.807, 2.05) is 13.8 Å². The van der Waals surface area contributed by atoms with Gasteiger partial charge in [0.25, 0.3) is 0 Å². The van der Waals surface area contributed by atoms with Gasteiger partial charge in [0.15, 0.2) is 0 Å². The number of rotatable bonds is 4. The van der Waals surface area contributed by atoms with Gasteiger partial charge in [0.2, 0.25) is 0 Å². The van der Waals surface area contributed by atoms with E-state index in [0.717, 1.165) is 12.8 Å². The van der Waals surface area contributed by atoms with Crippen LogP contribution in [0.5, 0.6) is 0 Å². The fourth-order valence-corrected chi connectivity index (χ4v) is 2.21. The zero-order valence-corrected chi connectivity index (χ0v) is 11.2. The Kier molecular flexibility index (Phi) is 5.40. The Balaban J connectivity index is 2.61. The monoisotopic (exact) mass is 258 g/mol. The Morgan fingerprint density at radius 1 is 1.56 bits per heavy atom. The number of ether oxygens (including phenoxy) is 1. The molecular weight excluding hydrogens is 236 g/mol. The number of amides is 2. The number of carboxylic acids is 1. The minimum Gasteiger partial charge on any atom is -0.480 e. The minimum atomic E-state index is -0.933. The molecule has 0 saturated carbocycles. The van der Waals surface area contributed by atoms with Crippen molar-refractivity contribution in [1.29, 1.82) is 0 Å². The van der Waals surface area contributed by atoms with Gasteiger partial charge in [0.1, 0.15) is 6.04 Å². The average Bonchev–Trinajstić information content (AvgIpc) is 2.34. The highest BCUT2D eigenvalue weighted by Crippen LogP contribution is 2.23. The Labute approximate surface area is 107 Å². The molecular formula is C12H22N2O4. The second-order valence-electron chi connectivity index (χ2n) is 4.83. The van der Waals surface area contributed by atoms with Crippen LogP contribution in [-0.2, 0) is 9.53 Å². The van der Waals surface area contributed by atoms with Crippen molar-refractivity contribution in [3.05, 3.63) is 0 Å². The number of urea groups is 1. The molecule has 0 aliphatic carbocycles. The van der Waals surface area contributed by atoms with Crippen molar-refractivity contribution in [3.63, 3.8) is 0 Å². The molecule has 6 nitrogen and oxygen atoms in total. The molecule has 0 aromatic carbocycles. The van der Waals surface area contributed by atoms with E-state index in [9.17, 15) is 14.7 Å². The number of aliphatic carboxylic acids is 1. The third kappa shape index (κ3) is 3.60. The van der Waals surface area contributed by atoms with Crippen LogP contribution in [-0.4, -0.2) is 54.4 Å². The first-order chi connectivity index (χ1) is 8.47. The fourth-order valence-electron chi connectivity index (χ4n) is 2.21. The lowest BCUT2D eigenvalue weighted by atomic mass is 9.91. The summed E-state index contributed by atoms with van der Waals surface area (Å²) in [5.41, 5.74) is 0. The molecule has 2 N–H and O–H groups in total. The van der Waals surface area contributed by atoms with Crippen LogP contribution in [0.1, 0.15) is 26.7 Å². The van der Waals surface area contributed by atoms with Gasteiger partial charge >= 0.3 is 12.0 Å². The van der Waals surface area contributed by atoms with Crippen molar-refractivity contribution in [2.45, 2.75) is 38.8 Å². The summed E-state index contributed by atoms with van der Waals surface area (Å²) < 4.78 is 5.03. The molecule has 2 amide bonds. The molecule has 6 heteroatoms. The van der Waals surface area contributed by atoms with Crippen LogP contribution in [0.4, 0.5) is 4.79 Å². The molecule has 1 aliphatic rings. The maximum absolute atomic E-state index is 12.0. The number of methoxy groups -OCH3 is 1. The van der Waals surface area contributed by atoms with E-state index >= 15 is 0 Å². The van der Waals surface area contributed by atoms with E-state index in [2.05, 4.69) is 5.32 Å².